The lowest BCUT2D eigenvalue weighted by molar-refractivity contribution is -0.136. The lowest BCUT2D eigenvalue weighted by Gasteiger charge is -2.06. The summed E-state index contributed by atoms with van der Waals surface area (Å²) in [5.41, 5.74) is 5.76. The molecule has 4 rings (SSSR count). The maximum Gasteiger partial charge on any atom is 0.307 e. The Balaban J connectivity index is 1.79. The van der Waals surface area contributed by atoms with E-state index < -0.39 is 5.97 Å². The molecule has 3 aromatic carbocycles. The number of hydrogen-bond donors (Lipinski definition) is 2. The molecule has 0 radical (unpaired) electrons. The van der Waals surface area contributed by atoms with Crippen LogP contribution in [0.25, 0.3) is 33.3 Å². The number of carbonyl (C=O) groups is 1. The Labute approximate surface area is 163 Å². The first kappa shape index (κ1) is 17.9. The summed E-state index contributed by atoms with van der Waals surface area (Å²) in [5, 5.41) is 10.3. The van der Waals surface area contributed by atoms with Crippen LogP contribution in [-0.2, 0) is 11.2 Å². The minimum absolute atomic E-state index is 0.0502. The third-order valence-corrected chi connectivity index (χ3v) is 4.80. The normalized spacial score (nSPS) is 10.9. The van der Waals surface area contributed by atoms with Crippen LogP contribution in [0.5, 0.6) is 5.75 Å². The Morgan fingerprint density at radius 2 is 1.61 bits per heavy atom. The number of aliphatic carboxylic acids is 1. The van der Waals surface area contributed by atoms with Gasteiger partial charge in [-0.25, -0.2) is 0 Å². The minimum Gasteiger partial charge on any atom is -0.494 e. The van der Waals surface area contributed by atoms with Crippen LogP contribution in [0.1, 0.15) is 12.5 Å². The van der Waals surface area contributed by atoms with Crippen molar-refractivity contribution in [2.24, 2.45) is 0 Å². The van der Waals surface area contributed by atoms with Gasteiger partial charge in [-0.2, -0.15) is 0 Å². The average Bonchev–Trinajstić information content (AvgIpc) is 3.06. The first-order valence-corrected chi connectivity index (χ1v) is 9.30. The zero-order chi connectivity index (χ0) is 19.5. The highest BCUT2D eigenvalue weighted by Gasteiger charge is 2.16. The van der Waals surface area contributed by atoms with E-state index in [0.717, 1.165) is 44.6 Å². The third kappa shape index (κ3) is 3.49. The summed E-state index contributed by atoms with van der Waals surface area (Å²) in [4.78, 5) is 14.9. The van der Waals surface area contributed by atoms with Gasteiger partial charge in [-0.15, -0.1) is 0 Å². The number of ether oxygens (including phenoxy) is 1. The number of nitrogens with one attached hydrogen (secondary N) is 1. The van der Waals surface area contributed by atoms with Crippen molar-refractivity contribution in [1.29, 1.82) is 0 Å². The minimum atomic E-state index is -0.857. The van der Waals surface area contributed by atoms with Crippen LogP contribution in [0, 0.1) is 0 Å². The van der Waals surface area contributed by atoms with Gasteiger partial charge in [0.05, 0.1) is 18.7 Å². The maximum atomic E-state index is 11.5. The summed E-state index contributed by atoms with van der Waals surface area (Å²) < 4.78 is 5.59. The fourth-order valence-electron chi connectivity index (χ4n) is 3.52. The molecule has 0 amide bonds. The van der Waals surface area contributed by atoms with E-state index in [-0.39, 0.29) is 6.42 Å². The molecule has 4 heteroatoms. The van der Waals surface area contributed by atoms with Crippen LogP contribution in [0.2, 0.25) is 0 Å². The molecule has 2 N–H and O–H groups in total. The van der Waals surface area contributed by atoms with Crippen LogP contribution < -0.4 is 4.74 Å². The number of H-pyrrole nitrogens is 1. The number of aromatic nitrogens is 1. The van der Waals surface area contributed by atoms with Crippen molar-refractivity contribution in [1.82, 2.24) is 4.98 Å². The topological polar surface area (TPSA) is 62.3 Å². The summed E-state index contributed by atoms with van der Waals surface area (Å²) in [5.74, 6) is -0.114. The predicted molar refractivity (Wildman–Crippen MR) is 112 cm³/mol. The van der Waals surface area contributed by atoms with Crippen molar-refractivity contribution in [3.8, 4) is 28.1 Å². The molecule has 0 bridgehead atoms. The predicted octanol–water partition coefficient (Wildman–Crippen LogP) is 5.53. The molecule has 0 saturated carbocycles. The van der Waals surface area contributed by atoms with Crippen LogP contribution in [0.3, 0.4) is 0 Å². The van der Waals surface area contributed by atoms with Gasteiger partial charge in [-0.3, -0.25) is 4.79 Å². The number of carboxylic acid groups (broad SMARTS) is 1. The van der Waals surface area contributed by atoms with Gasteiger partial charge in [-0.1, -0.05) is 54.6 Å². The summed E-state index contributed by atoms with van der Waals surface area (Å²) in [7, 11) is 0. The Bertz CT molecular complexity index is 1110. The molecule has 0 atom stereocenters. The Morgan fingerprint density at radius 3 is 2.29 bits per heavy atom. The zero-order valence-electron chi connectivity index (χ0n) is 15.6. The van der Waals surface area contributed by atoms with E-state index in [0.29, 0.717) is 6.61 Å². The first-order valence-electron chi connectivity index (χ1n) is 9.30. The second kappa shape index (κ2) is 7.61. The molecule has 4 nitrogen and oxygen atoms in total. The quantitative estimate of drug-likeness (QED) is 0.468. The van der Waals surface area contributed by atoms with Crippen LogP contribution in [-0.4, -0.2) is 22.7 Å². The number of benzene rings is 3. The number of carboxylic acids is 1. The molecule has 0 saturated heterocycles. The second-order valence-corrected chi connectivity index (χ2v) is 6.63. The standard InChI is InChI=1S/C24H21NO3/c1-2-28-19-12-13-22-20(14-19)21(15-23(26)27)24(25-22)18-10-8-17(9-11-18)16-6-4-3-5-7-16/h3-14,25H,2,15H2,1H3,(H,26,27). The number of rotatable bonds is 6. The molecule has 1 aromatic heterocycles. The molecule has 1 heterocycles. The molecule has 0 spiro atoms. The largest absolute Gasteiger partial charge is 0.494 e. The van der Waals surface area contributed by atoms with Crippen LogP contribution in [0.15, 0.2) is 72.8 Å². The fraction of sp³-hybridized carbons (Fsp3) is 0.125. The highest BCUT2D eigenvalue weighted by atomic mass is 16.5. The van der Waals surface area contributed by atoms with E-state index in [1.54, 1.807) is 0 Å². The van der Waals surface area contributed by atoms with E-state index >= 15 is 0 Å². The van der Waals surface area contributed by atoms with E-state index in [1.807, 2.05) is 55.5 Å². The van der Waals surface area contributed by atoms with Gasteiger partial charge >= 0.3 is 5.97 Å². The molecule has 0 aliphatic rings. The molecular formula is C24H21NO3. The van der Waals surface area contributed by atoms with E-state index in [9.17, 15) is 9.90 Å². The van der Waals surface area contributed by atoms with Gasteiger partial charge in [0.15, 0.2) is 0 Å². The maximum absolute atomic E-state index is 11.5. The van der Waals surface area contributed by atoms with Gasteiger partial charge in [0.2, 0.25) is 0 Å². The summed E-state index contributed by atoms with van der Waals surface area (Å²) in [6, 6.07) is 24.1. The monoisotopic (exact) mass is 371 g/mol. The van der Waals surface area contributed by atoms with E-state index in [2.05, 4.69) is 29.2 Å². The number of hydrogen-bond acceptors (Lipinski definition) is 2. The van der Waals surface area contributed by atoms with Gasteiger partial charge in [0.25, 0.3) is 0 Å². The van der Waals surface area contributed by atoms with Gasteiger partial charge in [0.1, 0.15) is 5.75 Å². The van der Waals surface area contributed by atoms with E-state index in [4.69, 9.17) is 4.74 Å². The second-order valence-electron chi connectivity index (χ2n) is 6.63. The fourth-order valence-corrected chi connectivity index (χ4v) is 3.52. The summed E-state index contributed by atoms with van der Waals surface area (Å²) in [6.45, 7) is 2.50. The van der Waals surface area contributed by atoms with Gasteiger partial charge in [-0.05, 0) is 47.4 Å². The van der Waals surface area contributed by atoms with Gasteiger partial charge < -0.3 is 14.8 Å². The van der Waals surface area contributed by atoms with Crippen molar-refractivity contribution in [2.45, 2.75) is 13.3 Å². The van der Waals surface area contributed by atoms with Crippen LogP contribution >= 0.6 is 0 Å². The molecular weight excluding hydrogens is 350 g/mol. The van der Waals surface area contributed by atoms with Crippen molar-refractivity contribution in [3.63, 3.8) is 0 Å². The van der Waals surface area contributed by atoms with Gasteiger partial charge in [0, 0.05) is 10.9 Å². The zero-order valence-corrected chi connectivity index (χ0v) is 15.6. The lowest BCUT2D eigenvalue weighted by atomic mass is 9.99. The molecule has 0 fully saturated rings. The highest BCUT2D eigenvalue weighted by molar-refractivity contribution is 5.94. The average molecular weight is 371 g/mol. The van der Waals surface area contributed by atoms with Crippen molar-refractivity contribution in [2.75, 3.05) is 6.61 Å². The molecule has 140 valence electrons. The van der Waals surface area contributed by atoms with Crippen molar-refractivity contribution >= 4 is 16.9 Å². The molecule has 0 unspecified atom stereocenters. The van der Waals surface area contributed by atoms with E-state index in [1.165, 1.54) is 0 Å². The Hall–Kier alpha value is -3.53. The van der Waals surface area contributed by atoms with Crippen LogP contribution in [0.4, 0.5) is 0 Å². The molecule has 28 heavy (non-hydrogen) atoms. The highest BCUT2D eigenvalue weighted by Crippen LogP contribution is 2.34. The first-order chi connectivity index (χ1) is 13.7. The molecule has 4 aromatic rings. The van der Waals surface area contributed by atoms with Crippen molar-refractivity contribution < 1.29 is 14.6 Å². The lowest BCUT2D eigenvalue weighted by Crippen LogP contribution is -2.01. The summed E-state index contributed by atoms with van der Waals surface area (Å²) in [6.07, 6.45) is -0.0502. The SMILES string of the molecule is CCOc1ccc2[nH]c(-c3ccc(-c4ccccc4)cc3)c(CC(=O)O)c2c1. The number of fused-ring (bicyclic) bond motifs is 1. The Kier molecular flexibility index (Phi) is 4.85. The molecule has 0 aliphatic carbocycles. The molecule has 0 aliphatic heterocycles. The number of aromatic amines is 1. The Morgan fingerprint density at radius 1 is 0.929 bits per heavy atom. The third-order valence-electron chi connectivity index (χ3n) is 4.80. The summed E-state index contributed by atoms with van der Waals surface area (Å²) >= 11 is 0. The smallest absolute Gasteiger partial charge is 0.307 e. The van der Waals surface area contributed by atoms with Crippen molar-refractivity contribution in [3.05, 3.63) is 78.4 Å².